The minimum absolute atomic E-state index is 0.0577. The van der Waals surface area contributed by atoms with Crippen molar-refractivity contribution in [1.82, 2.24) is 9.88 Å². The van der Waals surface area contributed by atoms with Crippen molar-refractivity contribution in [2.24, 2.45) is 5.92 Å². The molecule has 3 heterocycles. The number of thiophene rings is 1. The number of nitrogens with zero attached hydrogens (tertiary/aromatic N) is 2. The number of aromatic nitrogens is 1. The number of benzene rings is 1. The lowest BCUT2D eigenvalue weighted by Gasteiger charge is -2.30. The summed E-state index contributed by atoms with van der Waals surface area (Å²) < 4.78 is 0. The number of rotatable bonds is 1. The van der Waals surface area contributed by atoms with Crippen LogP contribution in [0.5, 0.6) is 0 Å². The molecule has 1 unspecified atom stereocenters. The summed E-state index contributed by atoms with van der Waals surface area (Å²) in [7, 11) is 0. The molecule has 124 valence electrons. The first-order valence-electron chi connectivity index (χ1n) is 8.41. The van der Waals surface area contributed by atoms with Crippen molar-refractivity contribution < 1.29 is 4.79 Å². The summed E-state index contributed by atoms with van der Waals surface area (Å²) in [6, 6.07) is 8.24. The highest BCUT2D eigenvalue weighted by molar-refractivity contribution is 7.21. The molecule has 0 aliphatic carbocycles. The highest BCUT2D eigenvalue weighted by atomic mass is 32.1. The van der Waals surface area contributed by atoms with Gasteiger partial charge in [0.1, 0.15) is 9.71 Å². The van der Waals surface area contributed by atoms with Crippen LogP contribution in [0.15, 0.2) is 24.3 Å². The van der Waals surface area contributed by atoms with E-state index >= 15 is 0 Å². The van der Waals surface area contributed by atoms with Gasteiger partial charge in [0, 0.05) is 23.9 Å². The third-order valence-electron chi connectivity index (χ3n) is 4.81. The number of piperidine rings is 1. The molecule has 1 amide bonds. The first kappa shape index (κ1) is 15.4. The minimum atomic E-state index is 0.0577. The van der Waals surface area contributed by atoms with Crippen molar-refractivity contribution in [3.63, 3.8) is 0 Å². The number of hydrogen-bond donors (Lipinski definition) is 1. The summed E-state index contributed by atoms with van der Waals surface area (Å²) in [4.78, 5) is 21.0. The molecule has 1 atom stereocenters. The van der Waals surface area contributed by atoms with E-state index in [1.54, 1.807) is 0 Å². The van der Waals surface area contributed by atoms with Crippen molar-refractivity contribution >= 4 is 44.1 Å². The van der Waals surface area contributed by atoms with Crippen molar-refractivity contribution in [3.05, 3.63) is 34.7 Å². The molecule has 4 rings (SSSR count). The zero-order chi connectivity index (χ0) is 16.8. The maximum absolute atomic E-state index is 12.9. The maximum atomic E-state index is 12.9. The third kappa shape index (κ3) is 2.53. The molecule has 3 aromatic rings. The number of aryl methyl sites for hydroxylation is 1. The van der Waals surface area contributed by atoms with E-state index < -0.39 is 0 Å². The zero-order valence-electron chi connectivity index (χ0n) is 14.0. The van der Waals surface area contributed by atoms with Crippen LogP contribution in [0.25, 0.3) is 21.1 Å². The Morgan fingerprint density at radius 2 is 2.21 bits per heavy atom. The highest BCUT2D eigenvalue weighted by Gasteiger charge is 2.26. The van der Waals surface area contributed by atoms with Gasteiger partial charge in [0.25, 0.3) is 5.91 Å². The summed E-state index contributed by atoms with van der Waals surface area (Å²) in [5.41, 5.74) is 9.05. The van der Waals surface area contributed by atoms with Gasteiger partial charge < -0.3 is 10.6 Å². The van der Waals surface area contributed by atoms with Crippen LogP contribution in [0.1, 0.15) is 35.0 Å². The van der Waals surface area contributed by atoms with Crippen molar-refractivity contribution in [1.29, 1.82) is 0 Å². The third-order valence-corrected chi connectivity index (χ3v) is 5.91. The van der Waals surface area contributed by atoms with Crippen LogP contribution in [0.2, 0.25) is 0 Å². The molecule has 1 aliphatic heterocycles. The zero-order valence-corrected chi connectivity index (χ0v) is 14.8. The van der Waals surface area contributed by atoms with Crippen LogP contribution in [0, 0.1) is 12.8 Å². The van der Waals surface area contributed by atoms with Crippen LogP contribution in [-0.4, -0.2) is 28.9 Å². The Hall–Kier alpha value is -2.14. The standard InChI is InChI=1S/C19H21N3OS/c1-11-5-6-15-13(8-11)9-14-16(20)17(24-18(14)21-15)19(23)22-7-3-4-12(2)10-22/h5-6,8-9,12H,3-4,7,10,20H2,1-2H3. The number of anilines is 1. The van der Waals surface area contributed by atoms with Gasteiger partial charge in [-0.3, -0.25) is 4.79 Å². The molecule has 2 aromatic heterocycles. The second kappa shape index (κ2) is 5.74. The Morgan fingerprint density at radius 3 is 3.00 bits per heavy atom. The summed E-state index contributed by atoms with van der Waals surface area (Å²) in [5.74, 6) is 0.615. The summed E-state index contributed by atoms with van der Waals surface area (Å²) >= 11 is 1.42. The summed E-state index contributed by atoms with van der Waals surface area (Å²) in [6.45, 7) is 5.91. The van der Waals surface area contributed by atoms with Gasteiger partial charge in [0.2, 0.25) is 0 Å². The molecular formula is C19H21N3OS. The van der Waals surface area contributed by atoms with E-state index in [0.29, 0.717) is 16.5 Å². The molecule has 1 aliphatic rings. The molecule has 0 saturated carbocycles. The lowest BCUT2D eigenvalue weighted by Crippen LogP contribution is -2.38. The predicted molar refractivity (Wildman–Crippen MR) is 101 cm³/mol. The van der Waals surface area contributed by atoms with Gasteiger partial charge in [0.15, 0.2) is 0 Å². The average molecular weight is 339 g/mol. The Balaban J connectivity index is 1.80. The molecule has 0 spiro atoms. The van der Waals surface area contributed by atoms with Gasteiger partial charge in [-0.15, -0.1) is 11.3 Å². The molecular weight excluding hydrogens is 318 g/mol. The van der Waals surface area contributed by atoms with Gasteiger partial charge >= 0.3 is 0 Å². The van der Waals surface area contributed by atoms with Gasteiger partial charge in [0.05, 0.1) is 11.2 Å². The molecule has 24 heavy (non-hydrogen) atoms. The van der Waals surface area contributed by atoms with Gasteiger partial charge in [-0.25, -0.2) is 4.98 Å². The minimum Gasteiger partial charge on any atom is -0.397 e. The van der Waals surface area contributed by atoms with Gasteiger partial charge in [-0.05, 0) is 43.9 Å². The fraction of sp³-hybridized carbons (Fsp3) is 0.368. The number of carbonyl (C=O) groups is 1. The highest BCUT2D eigenvalue weighted by Crippen LogP contribution is 2.36. The number of carbonyl (C=O) groups excluding carboxylic acids is 1. The largest absolute Gasteiger partial charge is 0.397 e. The SMILES string of the molecule is Cc1ccc2nc3sc(C(=O)N4CCCC(C)C4)c(N)c3cc2c1. The van der Waals surface area contributed by atoms with Crippen molar-refractivity contribution in [3.8, 4) is 0 Å². The molecule has 0 radical (unpaired) electrons. The van der Waals surface area contributed by atoms with E-state index in [1.807, 2.05) is 11.0 Å². The smallest absolute Gasteiger partial charge is 0.266 e. The lowest BCUT2D eigenvalue weighted by molar-refractivity contribution is 0.0689. The first-order valence-corrected chi connectivity index (χ1v) is 9.23. The Morgan fingerprint density at radius 1 is 1.38 bits per heavy atom. The van der Waals surface area contributed by atoms with E-state index in [-0.39, 0.29) is 5.91 Å². The van der Waals surface area contributed by atoms with Gasteiger partial charge in [-0.2, -0.15) is 0 Å². The number of nitrogen functional groups attached to an aromatic ring is 1. The number of hydrogen-bond acceptors (Lipinski definition) is 4. The molecule has 4 nitrogen and oxygen atoms in total. The van der Waals surface area contributed by atoms with Crippen LogP contribution in [0.3, 0.4) is 0 Å². The number of nitrogens with two attached hydrogens (primary N) is 1. The van der Waals surface area contributed by atoms with E-state index in [9.17, 15) is 4.79 Å². The second-order valence-electron chi connectivity index (χ2n) is 6.88. The second-order valence-corrected chi connectivity index (χ2v) is 7.88. The molecule has 2 N–H and O–H groups in total. The topological polar surface area (TPSA) is 59.2 Å². The summed E-state index contributed by atoms with van der Waals surface area (Å²) in [5, 5.41) is 1.96. The molecule has 1 aromatic carbocycles. The monoisotopic (exact) mass is 339 g/mol. The van der Waals surface area contributed by atoms with E-state index in [4.69, 9.17) is 10.7 Å². The number of amides is 1. The van der Waals surface area contributed by atoms with Crippen molar-refractivity contribution in [2.75, 3.05) is 18.8 Å². The Kier molecular flexibility index (Phi) is 3.68. The van der Waals surface area contributed by atoms with Crippen LogP contribution in [-0.2, 0) is 0 Å². The van der Waals surface area contributed by atoms with Crippen LogP contribution < -0.4 is 5.73 Å². The van der Waals surface area contributed by atoms with Crippen LogP contribution in [0.4, 0.5) is 5.69 Å². The van der Waals surface area contributed by atoms with E-state index in [0.717, 1.165) is 40.6 Å². The fourth-order valence-corrected chi connectivity index (χ4v) is 4.55. The van der Waals surface area contributed by atoms with Crippen molar-refractivity contribution in [2.45, 2.75) is 26.7 Å². The Labute approximate surface area is 145 Å². The predicted octanol–water partition coefficient (Wildman–Crippen LogP) is 4.21. The molecule has 1 fully saturated rings. The molecule has 1 saturated heterocycles. The number of fused-ring (bicyclic) bond motifs is 2. The fourth-order valence-electron chi connectivity index (χ4n) is 3.50. The maximum Gasteiger partial charge on any atom is 0.266 e. The first-order chi connectivity index (χ1) is 11.5. The van der Waals surface area contributed by atoms with Gasteiger partial charge in [-0.1, -0.05) is 18.6 Å². The molecule has 5 heteroatoms. The summed E-state index contributed by atoms with van der Waals surface area (Å²) in [6.07, 6.45) is 2.26. The number of likely N-dealkylation sites (tertiary alicyclic amines) is 1. The normalized spacial score (nSPS) is 18.4. The Bertz CT molecular complexity index is 947. The van der Waals surface area contributed by atoms with E-state index in [1.165, 1.54) is 23.3 Å². The van der Waals surface area contributed by atoms with E-state index in [2.05, 4.69) is 32.0 Å². The lowest BCUT2D eigenvalue weighted by atomic mass is 10.00. The quantitative estimate of drug-likeness (QED) is 0.722. The number of pyridine rings is 1. The average Bonchev–Trinajstić information content (AvgIpc) is 2.88. The van der Waals surface area contributed by atoms with Crippen LogP contribution >= 0.6 is 11.3 Å². The molecule has 0 bridgehead atoms.